The molecule has 0 bridgehead atoms. The van der Waals surface area contributed by atoms with Gasteiger partial charge in [-0.2, -0.15) is 5.26 Å². The number of nitrogens with one attached hydrogen (secondary N) is 1. The van der Waals surface area contributed by atoms with Crippen LogP contribution in [-0.2, 0) is 14.8 Å². The maximum atomic E-state index is 12.3. The van der Waals surface area contributed by atoms with Gasteiger partial charge in [0, 0.05) is 18.6 Å². The molecule has 0 aromatic heterocycles. The normalized spacial score (nSPS) is 20.4. The van der Waals surface area contributed by atoms with E-state index in [1.807, 2.05) is 36.4 Å². The van der Waals surface area contributed by atoms with E-state index in [9.17, 15) is 8.42 Å². The SMILES string of the molecule is CC(C)S(=O)(=O)NC1CCOC[C@@H]1c1ccc(-c2ccc(C#N)cc2)cc1. The van der Waals surface area contributed by atoms with Crippen molar-refractivity contribution in [2.24, 2.45) is 0 Å². The molecular formula is C21H24N2O3S. The lowest BCUT2D eigenvalue weighted by Gasteiger charge is -2.33. The maximum absolute atomic E-state index is 12.3. The molecule has 27 heavy (non-hydrogen) atoms. The van der Waals surface area contributed by atoms with E-state index in [-0.39, 0.29) is 12.0 Å². The highest BCUT2D eigenvalue weighted by molar-refractivity contribution is 7.90. The number of ether oxygens (including phenoxy) is 1. The van der Waals surface area contributed by atoms with Crippen LogP contribution in [0.25, 0.3) is 11.1 Å². The summed E-state index contributed by atoms with van der Waals surface area (Å²) >= 11 is 0. The molecule has 2 atom stereocenters. The van der Waals surface area contributed by atoms with Gasteiger partial charge in [0.05, 0.1) is 23.5 Å². The first kappa shape index (κ1) is 19.6. The minimum Gasteiger partial charge on any atom is -0.381 e. The van der Waals surface area contributed by atoms with Gasteiger partial charge in [-0.15, -0.1) is 0 Å². The molecule has 1 N–H and O–H groups in total. The van der Waals surface area contributed by atoms with Crippen molar-refractivity contribution in [3.05, 3.63) is 59.7 Å². The second-order valence-corrected chi connectivity index (χ2v) is 9.37. The van der Waals surface area contributed by atoms with Gasteiger partial charge in [0.15, 0.2) is 0 Å². The first-order valence-corrected chi connectivity index (χ1v) is 10.6. The number of rotatable bonds is 5. The van der Waals surface area contributed by atoms with Gasteiger partial charge in [0.25, 0.3) is 0 Å². The lowest BCUT2D eigenvalue weighted by atomic mass is 9.88. The van der Waals surface area contributed by atoms with Gasteiger partial charge in [-0.25, -0.2) is 13.1 Å². The predicted octanol–water partition coefficient (Wildman–Crippen LogP) is 3.43. The second-order valence-electron chi connectivity index (χ2n) is 7.10. The highest BCUT2D eigenvalue weighted by atomic mass is 32.2. The molecule has 1 fully saturated rings. The predicted molar refractivity (Wildman–Crippen MR) is 106 cm³/mol. The van der Waals surface area contributed by atoms with E-state index < -0.39 is 15.3 Å². The van der Waals surface area contributed by atoms with Crippen molar-refractivity contribution in [2.45, 2.75) is 37.5 Å². The monoisotopic (exact) mass is 384 g/mol. The first-order valence-electron chi connectivity index (χ1n) is 9.10. The summed E-state index contributed by atoms with van der Waals surface area (Å²) < 4.78 is 33.1. The van der Waals surface area contributed by atoms with Crippen LogP contribution in [0.5, 0.6) is 0 Å². The molecule has 0 radical (unpaired) electrons. The fourth-order valence-corrected chi connectivity index (χ4v) is 4.19. The highest BCUT2D eigenvalue weighted by Gasteiger charge is 2.31. The molecule has 1 unspecified atom stereocenters. The Labute approximate surface area is 161 Å². The number of nitrogens with zero attached hydrogens (tertiary/aromatic N) is 1. The van der Waals surface area contributed by atoms with E-state index in [1.54, 1.807) is 26.0 Å². The maximum Gasteiger partial charge on any atom is 0.214 e. The van der Waals surface area contributed by atoms with Gasteiger partial charge in [0.2, 0.25) is 10.0 Å². The van der Waals surface area contributed by atoms with Gasteiger partial charge in [-0.05, 0) is 49.1 Å². The van der Waals surface area contributed by atoms with Crippen molar-refractivity contribution in [3.63, 3.8) is 0 Å². The fourth-order valence-electron chi connectivity index (χ4n) is 3.21. The Hall–Kier alpha value is -2.20. The van der Waals surface area contributed by atoms with Crippen molar-refractivity contribution in [1.29, 1.82) is 5.26 Å². The lowest BCUT2D eigenvalue weighted by Crippen LogP contribution is -2.46. The van der Waals surface area contributed by atoms with E-state index in [4.69, 9.17) is 10.00 Å². The summed E-state index contributed by atoms with van der Waals surface area (Å²) in [6.07, 6.45) is 0.661. The van der Waals surface area contributed by atoms with Crippen LogP contribution in [0.15, 0.2) is 48.5 Å². The molecule has 5 nitrogen and oxygen atoms in total. The van der Waals surface area contributed by atoms with Gasteiger partial charge in [0.1, 0.15) is 0 Å². The fraction of sp³-hybridized carbons (Fsp3) is 0.381. The Balaban J connectivity index is 1.80. The van der Waals surface area contributed by atoms with Crippen molar-refractivity contribution < 1.29 is 13.2 Å². The molecule has 1 heterocycles. The summed E-state index contributed by atoms with van der Waals surface area (Å²) in [7, 11) is -3.33. The summed E-state index contributed by atoms with van der Waals surface area (Å²) in [6.45, 7) is 4.43. The third-order valence-corrected chi connectivity index (χ3v) is 6.85. The molecule has 2 aromatic rings. The quantitative estimate of drug-likeness (QED) is 0.857. The molecular weight excluding hydrogens is 360 g/mol. The first-order chi connectivity index (χ1) is 12.9. The average Bonchev–Trinajstić information content (AvgIpc) is 2.68. The van der Waals surface area contributed by atoms with Crippen LogP contribution in [0.1, 0.15) is 37.3 Å². The van der Waals surface area contributed by atoms with E-state index in [0.29, 0.717) is 25.2 Å². The van der Waals surface area contributed by atoms with Crippen molar-refractivity contribution in [2.75, 3.05) is 13.2 Å². The minimum absolute atomic E-state index is 0.0118. The molecule has 3 rings (SSSR count). The summed E-state index contributed by atoms with van der Waals surface area (Å²) in [4.78, 5) is 0. The lowest BCUT2D eigenvalue weighted by molar-refractivity contribution is 0.0653. The summed E-state index contributed by atoms with van der Waals surface area (Å²) in [5, 5.41) is 8.45. The Bertz CT molecular complexity index is 913. The Morgan fingerprint density at radius 2 is 1.67 bits per heavy atom. The Morgan fingerprint density at radius 1 is 1.07 bits per heavy atom. The molecule has 142 valence electrons. The number of sulfonamides is 1. The van der Waals surface area contributed by atoms with Crippen LogP contribution in [0.3, 0.4) is 0 Å². The third-order valence-electron chi connectivity index (χ3n) is 4.98. The Kier molecular flexibility index (Phi) is 5.95. The van der Waals surface area contributed by atoms with Crippen LogP contribution < -0.4 is 4.72 Å². The molecule has 1 aliphatic heterocycles. The zero-order chi connectivity index (χ0) is 19.4. The number of nitriles is 1. The van der Waals surface area contributed by atoms with E-state index in [2.05, 4.69) is 10.8 Å². The molecule has 2 aromatic carbocycles. The topological polar surface area (TPSA) is 79.2 Å². The van der Waals surface area contributed by atoms with Crippen molar-refractivity contribution in [1.82, 2.24) is 4.72 Å². The number of hydrogen-bond donors (Lipinski definition) is 1. The number of hydrogen-bond acceptors (Lipinski definition) is 4. The molecule has 1 saturated heterocycles. The zero-order valence-electron chi connectivity index (χ0n) is 15.6. The van der Waals surface area contributed by atoms with Crippen LogP contribution in [-0.4, -0.2) is 32.9 Å². The zero-order valence-corrected chi connectivity index (χ0v) is 16.4. The van der Waals surface area contributed by atoms with E-state index in [0.717, 1.165) is 16.7 Å². The summed E-state index contributed by atoms with van der Waals surface area (Å²) in [6, 6.07) is 17.5. The van der Waals surface area contributed by atoms with E-state index >= 15 is 0 Å². The average molecular weight is 385 g/mol. The van der Waals surface area contributed by atoms with Gasteiger partial charge < -0.3 is 4.74 Å². The van der Waals surface area contributed by atoms with Crippen LogP contribution >= 0.6 is 0 Å². The van der Waals surface area contributed by atoms with Crippen LogP contribution in [0, 0.1) is 11.3 Å². The van der Waals surface area contributed by atoms with E-state index in [1.165, 1.54) is 0 Å². The second kappa shape index (κ2) is 8.22. The summed E-state index contributed by atoms with van der Waals surface area (Å²) in [5.41, 5.74) is 3.79. The largest absolute Gasteiger partial charge is 0.381 e. The molecule has 0 spiro atoms. The van der Waals surface area contributed by atoms with Gasteiger partial charge >= 0.3 is 0 Å². The van der Waals surface area contributed by atoms with Gasteiger partial charge in [-0.1, -0.05) is 36.4 Å². The molecule has 1 aliphatic rings. The van der Waals surface area contributed by atoms with Crippen LogP contribution in [0.4, 0.5) is 0 Å². The molecule has 0 aliphatic carbocycles. The van der Waals surface area contributed by atoms with Crippen molar-refractivity contribution >= 4 is 10.0 Å². The van der Waals surface area contributed by atoms with Gasteiger partial charge in [-0.3, -0.25) is 0 Å². The molecule has 0 amide bonds. The van der Waals surface area contributed by atoms with Crippen LogP contribution in [0.2, 0.25) is 0 Å². The minimum atomic E-state index is -3.33. The molecule has 6 heteroatoms. The third kappa shape index (κ3) is 4.56. The smallest absolute Gasteiger partial charge is 0.214 e. The molecule has 0 saturated carbocycles. The standard InChI is InChI=1S/C21H24N2O3S/c1-15(2)27(24,25)23-21-11-12-26-14-20(21)19-9-7-18(8-10-19)17-5-3-16(13-22)4-6-17/h3-10,15,20-21,23H,11-12,14H2,1-2H3/t20-,21?/m1/s1. The summed E-state index contributed by atoms with van der Waals surface area (Å²) in [5.74, 6) is -0.0118. The highest BCUT2D eigenvalue weighted by Crippen LogP contribution is 2.29. The van der Waals surface area contributed by atoms with Crippen molar-refractivity contribution in [3.8, 4) is 17.2 Å². The number of benzene rings is 2. The Morgan fingerprint density at radius 3 is 2.22 bits per heavy atom.